The normalized spacial score (nSPS) is 13.6. The molecule has 2 N–H and O–H groups in total. The van der Waals surface area contributed by atoms with Crippen LogP contribution in [0.15, 0.2) is 52.3 Å². The lowest BCUT2D eigenvalue weighted by Crippen LogP contribution is -2.30. The van der Waals surface area contributed by atoms with Crippen molar-refractivity contribution in [3.8, 4) is 5.75 Å². The van der Waals surface area contributed by atoms with Gasteiger partial charge in [0.15, 0.2) is 0 Å². The Morgan fingerprint density at radius 1 is 1.04 bits per heavy atom. The Bertz CT molecular complexity index is 1000. The van der Waals surface area contributed by atoms with Crippen LogP contribution in [-0.4, -0.2) is 35.3 Å². The minimum absolute atomic E-state index is 0.0284. The van der Waals surface area contributed by atoms with Crippen LogP contribution >= 0.6 is 0 Å². The second-order valence-corrected chi connectivity index (χ2v) is 9.49. The van der Waals surface area contributed by atoms with Gasteiger partial charge in [-0.15, -0.1) is 0 Å². The van der Waals surface area contributed by atoms with Crippen LogP contribution in [0.4, 0.5) is 0 Å². The molecular formula is C17H22N2O5S2. The third kappa shape index (κ3) is 4.07. The number of nitrogens with two attached hydrogens (primary N) is 1. The summed E-state index contributed by atoms with van der Waals surface area (Å²) in [6, 6.07) is 10.2. The lowest BCUT2D eigenvalue weighted by Gasteiger charge is -2.25. The summed E-state index contributed by atoms with van der Waals surface area (Å²) < 4.78 is 55.2. The molecule has 142 valence electrons. The van der Waals surface area contributed by atoms with Gasteiger partial charge in [0.25, 0.3) is 0 Å². The van der Waals surface area contributed by atoms with Gasteiger partial charge in [-0.05, 0) is 49.2 Å². The third-order valence-electron chi connectivity index (χ3n) is 4.21. The second-order valence-electron chi connectivity index (χ2n) is 5.97. The first-order valence-electron chi connectivity index (χ1n) is 7.74. The minimum Gasteiger partial charge on any atom is -0.495 e. The molecule has 0 radical (unpaired) electrons. The molecule has 0 saturated carbocycles. The van der Waals surface area contributed by atoms with E-state index < -0.39 is 26.1 Å². The molecule has 7 nitrogen and oxygen atoms in total. The van der Waals surface area contributed by atoms with Crippen LogP contribution < -0.4 is 9.88 Å². The highest BCUT2D eigenvalue weighted by Crippen LogP contribution is 2.31. The summed E-state index contributed by atoms with van der Waals surface area (Å²) in [7, 11) is -4.74. The first kappa shape index (κ1) is 20.4. The molecule has 0 saturated heterocycles. The molecule has 9 heteroatoms. The molecule has 0 spiro atoms. The summed E-state index contributed by atoms with van der Waals surface area (Å²) >= 11 is 0. The summed E-state index contributed by atoms with van der Waals surface area (Å²) in [5.41, 5.74) is 1.43. The van der Waals surface area contributed by atoms with E-state index in [4.69, 9.17) is 9.88 Å². The van der Waals surface area contributed by atoms with Crippen molar-refractivity contribution >= 4 is 20.0 Å². The SMILES string of the molecule is COc1ccc(C)cc1S(=O)(=O)N(C)[C@@H](C)c1ccc(S(N)(=O)=O)cc1. The van der Waals surface area contributed by atoms with Crippen LogP contribution in [0, 0.1) is 6.92 Å². The number of nitrogens with zero attached hydrogens (tertiary/aromatic N) is 1. The van der Waals surface area contributed by atoms with Crippen molar-refractivity contribution in [3.05, 3.63) is 53.6 Å². The van der Waals surface area contributed by atoms with Crippen LogP contribution in [0.5, 0.6) is 5.75 Å². The smallest absolute Gasteiger partial charge is 0.247 e. The lowest BCUT2D eigenvalue weighted by molar-refractivity contribution is 0.382. The molecule has 2 rings (SSSR count). The van der Waals surface area contributed by atoms with Gasteiger partial charge in [0.2, 0.25) is 20.0 Å². The monoisotopic (exact) mass is 398 g/mol. The predicted octanol–water partition coefficient (Wildman–Crippen LogP) is 2.03. The maximum absolute atomic E-state index is 13.0. The van der Waals surface area contributed by atoms with Gasteiger partial charge in [0.05, 0.1) is 12.0 Å². The van der Waals surface area contributed by atoms with Crippen LogP contribution in [0.1, 0.15) is 24.1 Å². The van der Waals surface area contributed by atoms with E-state index in [9.17, 15) is 16.8 Å². The fraction of sp³-hybridized carbons (Fsp3) is 0.294. The van der Waals surface area contributed by atoms with E-state index in [0.29, 0.717) is 5.56 Å². The Hall–Kier alpha value is -1.94. The zero-order valence-corrected chi connectivity index (χ0v) is 16.6. The van der Waals surface area contributed by atoms with E-state index in [2.05, 4.69) is 0 Å². The van der Waals surface area contributed by atoms with E-state index in [1.807, 2.05) is 0 Å². The third-order valence-corrected chi connectivity index (χ3v) is 7.09. The molecule has 0 amide bonds. The molecule has 0 heterocycles. The van der Waals surface area contributed by atoms with Gasteiger partial charge >= 0.3 is 0 Å². The number of hydrogen-bond donors (Lipinski definition) is 1. The maximum atomic E-state index is 13.0. The Kier molecular flexibility index (Phi) is 5.76. The number of benzene rings is 2. The van der Waals surface area contributed by atoms with Crippen molar-refractivity contribution in [2.24, 2.45) is 5.14 Å². The quantitative estimate of drug-likeness (QED) is 0.801. The average molecular weight is 399 g/mol. The van der Waals surface area contributed by atoms with Gasteiger partial charge in [-0.2, -0.15) is 4.31 Å². The second kappa shape index (κ2) is 7.36. The number of aryl methyl sites for hydroxylation is 1. The molecule has 2 aromatic rings. The fourth-order valence-electron chi connectivity index (χ4n) is 2.49. The lowest BCUT2D eigenvalue weighted by atomic mass is 10.1. The first-order valence-corrected chi connectivity index (χ1v) is 10.7. The highest BCUT2D eigenvalue weighted by Gasteiger charge is 2.29. The largest absolute Gasteiger partial charge is 0.495 e. The van der Waals surface area contributed by atoms with Crippen LogP contribution in [0.3, 0.4) is 0 Å². The number of primary sulfonamides is 1. The molecular weight excluding hydrogens is 376 g/mol. The van der Waals surface area contributed by atoms with Crippen molar-refractivity contribution in [3.63, 3.8) is 0 Å². The molecule has 1 atom stereocenters. The van der Waals surface area contributed by atoms with Gasteiger partial charge in [-0.25, -0.2) is 22.0 Å². The van der Waals surface area contributed by atoms with Gasteiger partial charge in [-0.1, -0.05) is 18.2 Å². The van der Waals surface area contributed by atoms with Crippen LogP contribution in [-0.2, 0) is 20.0 Å². The summed E-state index contributed by atoms with van der Waals surface area (Å²) in [4.78, 5) is 0.0508. The van der Waals surface area contributed by atoms with Gasteiger partial charge in [0.1, 0.15) is 10.6 Å². The highest BCUT2D eigenvalue weighted by atomic mass is 32.2. The van der Waals surface area contributed by atoms with Crippen molar-refractivity contribution < 1.29 is 21.6 Å². The summed E-state index contributed by atoms with van der Waals surface area (Å²) in [6.07, 6.45) is 0. The highest BCUT2D eigenvalue weighted by molar-refractivity contribution is 7.89. The number of methoxy groups -OCH3 is 1. The van der Waals surface area contributed by atoms with E-state index in [0.717, 1.165) is 5.56 Å². The Labute approximate surface area is 154 Å². The van der Waals surface area contributed by atoms with E-state index in [-0.39, 0.29) is 15.5 Å². The van der Waals surface area contributed by atoms with Crippen molar-refractivity contribution in [1.29, 1.82) is 0 Å². The van der Waals surface area contributed by atoms with Crippen molar-refractivity contribution in [2.75, 3.05) is 14.2 Å². The van der Waals surface area contributed by atoms with Crippen LogP contribution in [0.2, 0.25) is 0 Å². The van der Waals surface area contributed by atoms with Gasteiger partial charge in [-0.3, -0.25) is 0 Å². The number of sulfonamides is 2. The molecule has 0 unspecified atom stereocenters. The van der Waals surface area contributed by atoms with Gasteiger partial charge in [0, 0.05) is 13.1 Å². The van der Waals surface area contributed by atoms with E-state index >= 15 is 0 Å². The first-order chi connectivity index (χ1) is 12.0. The molecule has 26 heavy (non-hydrogen) atoms. The standard InChI is InChI=1S/C17H22N2O5S2/c1-12-5-10-16(24-4)17(11-12)26(22,23)19(3)13(2)14-6-8-15(9-7-14)25(18,20)21/h5-11,13H,1-4H3,(H2,18,20,21)/t13-/m0/s1. The zero-order chi connectivity index (χ0) is 19.7. The number of rotatable bonds is 6. The minimum atomic E-state index is -3.82. The predicted molar refractivity (Wildman–Crippen MR) is 98.9 cm³/mol. The fourth-order valence-corrected chi connectivity index (χ4v) is 4.60. The Morgan fingerprint density at radius 3 is 2.12 bits per heavy atom. The van der Waals surface area contributed by atoms with Crippen molar-refractivity contribution in [2.45, 2.75) is 29.7 Å². The number of ether oxygens (including phenoxy) is 1. The molecule has 2 aromatic carbocycles. The Balaban J connectivity index is 2.41. The maximum Gasteiger partial charge on any atom is 0.247 e. The summed E-state index contributed by atoms with van der Waals surface area (Å²) in [6.45, 7) is 3.51. The van der Waals surface area contributed by atoms with Crippen LogP contribution in [0.25, 0.3) is 0 Å². The molecule has 0 aliphatic heterocycles. The van der Waals surface area contributed by atoms with Crippen molar-refractivity contribution in [1.82, 2.24) is 4.31 Å². The Morgan fingerprint density at radius 2 is 1.62 bits per heavy atom. The summed E-state index contributed by atoms with van der Waals surface area (Å²) in [5, 5.41) is 5.09. The molecule has 0 aromatic heterocycles. The number of hydrogen-bond acceptors (Lipinski definition) is 5. The van der Waals surface area contributed by atoms with E-state index in [1.165, 1.54) is 30.6 Å². The molecule has 0 aliphatic rings. The molecule has 0 fully saturated rings. The average Bonchev–Trinajstić information content (AvgIpc) is 2.59. The topological polar surface area (TPSA) is 107 Å². The summed E-state index contributed by atoms with van der Waals surface area (Å²) in [5.74, 6) is 0.263. The molecule has 0 bridgehead atoms. The van der Waals surface area contributed by atoms with E-state index in [1.54, 1.807) is 44.2 Å². The van der Waals surface area contributed by atoms with Gasteiger partial charge < -0.3 is 4.74 Å². The zero-order valence-electron chi connectivity index (χ0n) is 15.0. The molecule has 0 aliphatic carbocycles.